The van der Waals surface area contributed by atoms with Crippen LogP contribution in [0.4, 0.5) is 34.1 Å². The molecule has 4 nitrogen and oxygen atoms in total. The molecular weight excluding hydrogens is 1370 g/mol. The van der Waals surface area contributed by atoms with Gasteiger partial charge in [0.2, 0.25) is 0 Å². The van der Waals surface area contributed by atoms with Crippen LogP contribution in [0, 0.1) is 48.5 Å². The first-order chi connectivity index (χ1) is 52.5. The van der Waals surface area contributed by atoms with E-state index in [9.17, 15) is 0 Å². The van der Waals surface area contributed by atoms with Crippen LogP contribution in [-0.2, 0) is 25.7 Å². The molecule has 12 aromatic carbocycles. The summed E-state index contributed by atoms with van der Waals surface area (Å²) in [6.45, 7) is 24.6. The zero-order valence-electron chi connectivity index (χ0n) is 66.8. The highest BCUT2D eigenvalue weighted by Gasteiger charge is 2.20. The number of nitrogen functional groups attached to an aromatic ring is 2. The van der Waals surface area contributed by atoms with Crippen molar-refractivity contribution in [3.05, 3.63) is 308 Å². The fourth-order valence-electron chi connectivity index (χ4n) is 15.5. The van der Waals surface area contributed by atoms with Crippen LogP contribution in [0.1, 0.15) is 192 Å². The Balaban J connectivity index is 0.000000215. The fraction of sp³-hybridized carbons (Fsp3) is 0.301. The van der Waals surface area contributed by atoms with Crippen LogP contribution in [0.25, 0.3) is 77.9 Å². The standard InChI is InChI=1S/C58H64N2.C32H44N2.C13H11Br/c1-7-9-11-15-25-47-39-58(56-34-30-52(38-44(56)6)60-50-28-32-54(42(4)36-50)46-23-19-14-20-24-46)48(26-16-12-10-8-2)40-57(47)55-33-29-51(37-43(55)5)59-49-27-31-53(41(3)35-49)45-21-17-13-18-22-45;1-5-7-9-11-13-25-21-32(30-18-16-28(34)20-24(30)4)26(14-12-10-8-6-2)22-31(25)29-17-15-27(33)19-23(29)3;1-10-9-12(14)7-8-13(10)11-5-3-2-4-6-11/h13-14,17-24,27-40,59-60H,7-12,15-16,25-26H2,1-6H3;15-22H,5-14,33-34H2,1-4H3;2-9H,1H3. The molecule has 5 heteroatoms. The van der Waals surface area contributed by atoms with E-state index in [0.717, 1.165) is 64.3 Å². The van der Waals surface area contributed by atoms with Gasteiger partial charge in [-0.15, -0.1) is 0 Å². The van der Waals surface area contributed by atoms with E-state index in [1.54, 1.807) is 0 Å². The van der Waals surface area contributed by atoms with Gasteiger partial charge in [0.1, 0.15) is 0 Å². The van der Waals surface area contributed by atoms with E-state index in [1.807, 2.05) is 18.2 Å². The molecule has 0 aromatic heterocycles. The SMILES string of the molecule is CCCCCCc1cc(-c2ccc(N)cc2C)c(CCCCCC)cc1-c1ccc(N)cc1C.CCCCCCc1cc(-c2ccc(Nc3ccc(-c4ccccc4)c(C)c3)cc2C)c(CCCCCC)cc1-c1ccc(Nc2ccc(-c3ccccc3)c(C)c2)cc1C.Cc1cc(Br)ccc1-c1ccccc1. The van der Waals surface area contributed by atoms with Crippen molar-refractivity contribution in [2.45, 2.75) is 205 Å². The molecule has 0 aliphatic rings. The molecule has 0 atom stereocenters. The minimum absolute atomic E-state index is 0.833. The molecule has 0 spiro atoms. The van der Waals surface area contributed by atoms with Gasteiger partial charge in [-0.3, -0.25) is 0 Å². The van der Waals surface area contributed by atoms with Gasteiger partial charge in [-0.2, -0.15) is 0 Å². The van der Waals surface area contributed by atoms with E-state index < -0.39 is 0 Å². The minimum Gasteiger partial charge on any atom is -0.399 e. The largest absolute Gasteiger partial charge is 0.399 e. The number of nitrogens with one attached hydrogen (secondary N) is 2. The summed E-state index contributed by atoms with van der Waals surface area (Å²) in [7, 11) is 0. The Morgan fingerprint density at radius 2 is 0.472 bits per heavy atom. The van der Waals surface area contributed by atoms with Crippen molar-refractivity contribution in [2.75, 3.05) is 22.1 Å². The Labute approximate surface area is 658 Å². The average molecular weight is 1490 g/mol. The van der Waals surface area contributed by atoms with E-state index in [0.29, 0.717) is 0 Å². The van der Waals surface area contributed by atoms with Gasteiger partial charge in [0, 0.05) is 38.6 Å². The van der Waals surface area contributed by atoms with Gasteiger partial charge in [0.15, 0.2) is 0 Å². The Kier molecular flexibility index (Phi) is 30.7. The van der Waals surface area contributed by atoms with Crippen molar-refractivity contribution in [3.63, 3.8) is 0 Å². The van der Waals surface area contributed by atoms with Crippen molar-refractivity contribution in [3.8, 4) is 77.9 Å². The third kappa shape index (κ3) is 22.5. The number of anilines is 6. The predicted octanol–water partition coefficient (Wildman–Crippen LogP) is 30.8. The maximum absolute atomic E-state index is 6.10. The molecule has 6 N–H and O–H groups in total. The maximum Gasteiger partial charge on any atom is 0.0387 e. The number of hydrogen-bond donors (Lipinski definition) is 4. The molecule has 0 aliphatic carbocycles. The summed E-state index contributed by atoms with van der Waals surface area (Å²) in [5, 5.41) is 7.44. The van der Waals surface area contributed by atoms with Crippen molar-refractivity contribution in [1.82, 2.24) is 0 Å². The lowest BCUT2D eigenvalue weighted by molar-refractivity contribution is 0.664. The average Bonchev–Trinajstić information content (AvgIpc) is 0.780. The number of hydrogen-bond acceptors (Lipinski definition) is 4. The number of aryl methyl sites for hydroxylation is 11. The van der Waals surface area contributed by atoms with E-state index in [1.165, 1.54) is 242 Å². The number of benzene rings is 12. The normalized spacial score (nSPS) is 11.0. The Morgan fingerprint density at radius 1 is 0.231 bits per heavy atom. The lowest BCUT2D eigenvalue weighted by Crippen LogP contribution is -2.01. The molecule has 0 saturated carbocycles. The Hall–Kier alpha value is -9.68. The van der Waals surface area contributed by atoms with Gasteiger partial charge >= 0.3 is 0 Å². The quantitative estimate of drug-likeness (QED) is 0.0258. The molecule has 0 amide bonds. The predicted molar refractivity (Wildman–Crippen MR) is 478 cm³/mol. The molecule has 0 saturated heterocycles. The third-order valence-electron chi connectivity index (χ3n) is 21.4. The van der Waals surface area contributed by atoms with Crippen LogP contribution in [0.15, 0.2) is 247 Å². The first-order valence-electron chi connectivity index (χ1n) is 40.5. The number of nitrogens with two attached hydrogens (primary N) is 2. The molecule has 0 unspecified atom stereocenters. The van der Waals surface area contributed by atoms with Crippen molar-refractivity contribution in [1.29, 1.82) is 0 Å². The topological polar surface area (TPSA) is 76.1 Å². The third-order valence-corrected chi connectivity index (χ3v) is 21.9. The zero-order valence-corrected chi connectivity index (χ0v) is 68.4. The van der Waals surface area contributed by atoms with Crippen molar-refractivity contribution in [2.24, 2.45) is 0 Å². The number of halogens is 1. The summed E-state index contributed by atoms with van der Waals surface area (Å²) in [6.07, 6.45) is 24.5. The Bertz CT molecular complexity index is 4590. The second-order valence-electron chi connectivity index (χ2n) is 30.2. The highest BCUT2D eigenvalue weighted by molar-refractivity contribution is 9.10. The number of unbranched alkanes of at least 4 members (excludes halogenated alkanes) is 12. The summed E-state index contributed by atoms with van der Waals surface area (Å²) in [5.74, 6) is 0. The molecule has 0 aliphatic heterocycles. The van der Waals surface area contributed by atoms with Gasteiger partial charge in [-0.25, -0.2) is 0 Å². The molecular formula is C103H119BrN4. The van der Waals surface area contributed by atoms with Crippen molar-refractivity contribution < 1.29 is 0 Å². The smallest absolute Gasteiger partial charge is 0.0387 e. The van der Waals surface area contributed by atoms with Crippen LogP contribution in [-0.4, -0.2) is 0 Å². The van der Waals surface area contributed by atoms with Gasteiger partial charge in [-0.1, -0.05) is 278 Å². The molecule has 12 aromatic rings. The Morgan fingerprint density at radius 3 is 0.722 bits per heavy atom. The molecule has 0 bridgehead atoms. The molecule has 108 heavy (non-hydrogen) atoms. The van der Waals surface area contributed by atoms with Gasteiger partial charge in [0.05, 0.1) is 0 Å². The fourth-order valence-corrected chi connectivity index (χ4v) is 16.0. The van der Waals surface area contributed by atoms with Crippen molar-refractivity contribution >= 4 is 50.1 Å². The highest BCUT2D eigenvalue weighted by Crippen LogP contribution is 2.42. The molecule has 0 fully saturated rings. The summed E-state index contributed by atoms with van der Waals surface area (Å²) in [6, 6.07) is 88.3. The van der Waals surface area contributed by atoms with Crippen LogP contribution in [0.5, 0.6) is 0 Å². The summed E-state index contributed by atoms with van der Waals surface area (Å²) in [4.78, 5) is 0. The maximum atomic E-state index is 6.10. The van der Waals surface area contributed by atoms with Crippen LogP contribution < -0.4 is 22.1 Å². The monoisotopic (exact) mass is 1490 g/mol. The molecule has 558 valence electrons. The lowest BCUT2D eigenvalue weighted by Gasteiger charge is -2.21. The lowest BCUT2D eigenvalue weighted by atomic mass is 9.85. The highest BCUT2D eigenvalue weighted by atomic mass is 79.9. The van der Waals surface area contributed by atoms with Gasteiger partial charge < -0.3 is 22.1 Å². The first-order valence-corrected chi connectivity index (χ1v) is 41.3. The van der Waals surface area contributed by atoms with Gasteiger partial charge in [0.25, 0.3) is 0 Å². The zero-order chi connectivity index (χ0) is 76.3. The molecule has 0 radical (unpaired) electrons. The molecule has 12 rings (SSSR count). The van der Waals surface area contributed by atoms with E-state index in [2.05, 4.69) is 327 Å². The second kappa shape index (κ2) is 41.0. The molecule has 0 heterocycles. The summed E-state index contributed by atoms with van der Waals surface area (Å²) >= 11 is 3.47. The first kappa shape index (κ1) is 80.9. The summed E-state index contributed by atoms with van der Waals surface area (Å²) in [5.41, 5.74) is 51.6. The van der Waals surface area contributed by atoms with E-state index >= 15 is 0 Å². The van der Waals surface area contributed by atoms with Crippen LogP contribution in [0.2, 0.25) is 0 Å². The second-order valence-corrected chi connectivity index (χ2v) is 31.1. The summed E-state index contributed by atoms with van der Waals surface area (Å²) < 4.78 is 1.13. The van der Waals surface area contributed by atoms with Gasteiger partial charge in [-0.05, 0) is 324 Å². The minimum atomic E-state index is 0.833. The van der Waals surface area contributed by atoms with E-state index in [4.69, 9.17) is 11.5 Å². The van der Waals surface area contributed by atoms with E-state index in [-0.39, 0.29) is 0 Å². The van der Waals surface area contributed by atoms with Crippen LogP contribution in [0.3, 0.4) is 0 Å². The number of rotatable bonds is 31. The van der Waals surface area contributed by atoms with Crippen LogP contribution >= 0.6 is 15.9 Å².